The minimum Gasteiger partial charge on any atom is -0.464 e. The summed E-state index contributed by atoms with van der Waals surface area (Å²) >= 11 is 1.39. The van der Waals surface area contributed by atoms with Gasteiger partial charge in [0.1, 0.15) is 0 Å². The van der Waals surface area contributed by atoms with Crippen LogP contribution in [0.25, 0.3) is 0 Å². The summed E-state index contributed by atoms with van der Waals surface area (Å²) in [5, 5.41) is 5.58. The third kappa shape index (κ3) is 3.41. The first-order valence-corrected chi connectivity index (χ1v) is 6.65. The lowest BCUT2D eigenvalue weighted by atomic mass is 10.3. The summed E-state index contributed by atoms with van der Waals surface area (Å²) in [5.41, 5.74) is 0.340. The second-order valence-corrected chi connectivity index (χ2v) is 5.02. The summed E-state index contributed by atoms with van der Waals surface area (Å²) in [6.07, 6.45) is 0.161. The van der Waals surface area contributed by atoms with Crippen molar-refractivity contribution in [1.82, 2.24) is 9.88 Å². The molecule has 1 aromatic rings. The van der Waals surface area contributed by atoms with Crippen LogP contribution in [0.15, 0.2) is 5.38 Å². The topological polar surface area (TPSA) is 63.7 Å². The molecule has 1 aromatic heterocycles. The molecule has 100 valence electrons. The number of morpholine rings is 1. The van der Waals surface area contributed by atoms with Gasteiger partial charge in [-0.15, -0.1) is 11.3 Å². The summed E-state index contributed by atoms with van der Waals surface area (Å²) in [6.45, 7) is 3.33. The van der Waals surface area contributed by atoms with Crippen molar-refractivity contribution >= 4 is 22.4 Å². The van der Waals surface area contributed by atoms with E-state index < -0.39 is 5.97 Å². The zero-order valence-electron chi connectivity index (χ0n) is 10.5. The molecular formula is C11H17N3O3S. The molecule has 1 atom stereocenters. The van der Waals surface area contributed by atoms with E-state index in [-0.39, 0.29) is 6.10 Å². The maximum Gasteiger partial charge on any atom is 0.357 e. The second kappa shape index (κ2) is 6.12. The molecule has 1 unspecified atom stereocenters. The lowest BCUT2D eigenvalue weighted by Gasteiger charge is -2.29. The van der Waals surface area contributed by atoms with Crippen molar-refractivity contribution in [3.8, 4) is 0 Å². The number of rotatable bonds is 4. The Labute approximate surface area is 110 Å². The number of carbonyl (C=O) groups excluding carboxylic acids is 1. The molecule has 0 saturated carbocycles. The Balaban J connectivity index is 1.82. The fraction of sp³-hybridized carbons (Fsp3) is 0.636. The Kier molecular flexibility index (Phi) is 4.51. The highest BCUT2D eigenvalue weighted by molar-refractivity contribution is 7.13. The SMILES string of the molecule is COC(=O)c1csc(NCC2CN(C)CCO2)n1. The van der Waals surface area contributed by atoms with Crippen LogP contribution in [0.1, 0.15) is 10.5 Å². The van der Waals surface area contributed by atoms with Crippen molar-refractivity contribution < 1.29 is 14.3 Å². The fourth-order valence-corrected chi connectivity index (χ4v) is 2.43. The molecule has 1 saturated heterocycles. The predicted molar refractivity (Wildman–Crippen MR) is 69.2 cm³/mol. The molecular weight excluding hydrogens is 254 g/mol. The third-order valence-electron chi connectivity index (χ3n) is 2.72. The van der Waals surface area contributed by atoms with E-state index in [9.17, 15) is 4.79 Å². The van der Waals surface area contributed by atoms with E-state index in [1.807, 2.05) is 0 Å². The van der Waals surface area contributed by atoms with E-state index in [2.05, 4.69) is 27.0 Å². The smallest absolute Gasteiger partial charge is 0.357 e. The van der Waals surface area contributed by atoms with Gasteiger partial charge in [0.2, 0.25) is 0 Å². The van der Waals surface area contributed by atoms with Gasteiger partial charge >= 0.3 is 5.97 Å². The molecule has 2 heterocycles. The van der Waals surface area contributed by atoms with Gasteiger partial charge in [0, 0.05) is 25.0 Å². The van der Waals surface area contributed by atoms with Gasteiger partial charge in [0.25, 0.3) is 0 Å². The van der Waals surface area contributed by atoms with E-state index in [1.54, 1.807) is 5.38 Å². The summed E-state index contributed by atoms with van der Waals surface area (Å²) in [6, 6.07) is 0. The number of esters is 1. The zero-order chi connectivity index (χ0) is 13.0. The lowest BCUT2D eigenvalue weighted by molar-refractivity contribution is -0.0117. The van der Waals surface area contributed by atoms with Gasteiger partial charge in [0.15, 0.2) is 10.8 Å². The Bertz CT molecular complexity index is 410. The third-order valence-corrected chi connectivity index (χ3v) is 3.52. The quantitative estimate of drug-likeness (QED) is 0.812. The largest absolute Gasteiger partial charge is 0.464 e. The number of hydrogen-bond acceptors (Lipinski definition) is 7. The van der Waals surface area contributed by atoms with Crippen LogP contribution in [0.2, 0.25) is 0 Å². The van der Waals surface area contributed by atoms with Gasteiger partial charge in [-0.05, 0) is 7.05 Å². The number of methoxy groups -OCH3 is 1. The Hall–Kier alpha value is -1.18. The number of thiazole rings is 1. The number of nitrogens with one attached hydrogen (secondary N) is 1. The number of anilines is 1. The van der Waals surface area contributed by atoms with Crippen LogP contribution in [-0.2, 0) is 9.47 Å². The number of hydrogen-bond donors (Lipinski definition) is 1. The van der Waals surface area contributed by atoms with Crippen LogP contribution in [0.4, 0.5) is 5.13 Å². The van der Waals surface area contributed by atoms with Gasteiger partial charge in [-0.2, -0.15) is 0 Å². The fourth-order valence-electron chi connectivity index (χ4n) is 1.74. The molecule has 1 fully saturated rings. The molecule has 18 heavy (non-hydrogen) atoms. The van der Waals surface area contributed by atoms with Crippen LogP contribution in [0, 0.1) is 0 Å². The van der Waals surface area contributed by atoms with E-state index in [0.717, 1.165) is 19.7 Å². The van der Waals surface area contributed by atoms with Crippen LogP contribution >= 0.6 is 11.3 Å². The van der Waals surface area contributed by atoms with Crippen molar-refractivity contribution in [2.75, 3.05) is 45.7 Å². The average Bonchev–Trinajstić information content (AvgIpc) is 2.84. The Morgan fingerprint density at radius 2 is 2.61 bits per heavy atom. The highest BCUT2D eigenvalue weighted by Crippen LogP contribution is 2.16. The summed E-state index contributed by atoms with van der Waals surface area (Å²) in [7, 11) is 3.43. The zero-order valence-corrected chi connectivity index (χ0v) is 11.3. The van der Waals surface area contributed by atoms with Gasteiger partial charge in [-0.25, -0.2) is 9.78 Å². The van der Waals surface area contributed by atoms with Gasteiger partial charge in [-0.3, -0.25) is 0 Å². The van der Waals surface area contributed by atoms with Crippen LogP contribution in [0.3, 0.4) is 0 Å². The monoisotopic (exact) mass is 271 g/mol. The van der Waals surface area contributed by atoms with E-state index in [4.69, 9.17) is 4.74 Å². The van der Waals surface area contributed by atoms with Crippen molar-refractivity contribution in [3.63, 3.8) is 0 Å². The standard InChI is InChI=1S/C11H17N3O3S/c1-14-3-4-17-8(6-14)5-12-11-13-9(7-18-11)10(15)16-2/h7-8H,3-6H2,1-2H3,(H,12,13). The van der Waals surface area contributed by atoms with Crippen LogP contribution in [0.5, 0.6) is 0 Å². The molecule has 0 aromatic carbocycles. The Morgan fingerprint density at radius 1 is 1.78 bits per heavy atom. The molecule has 0 aliphatic carbocycles. The first-order valence-electron chi connectivity index (χ1n) is 5.77. The number of nitrogens with zero attached hydrogens (tertiary/aromatic N) is 2. The minimum atomic E-state index is -0.409. The minimum absolute atomic E-state index is 0.161. The summed E-state index contributed by atoms with van der Waals surface area (Å²) in [4.78, 5) is 17.6. The molecule has 6 nitrogen and oxygen atoms in total. The maximum absolute atomic E-state index is 11.2. The van der Waals surface area contributed by atoms with Crippen molar-refractivity contribution in [1.29, 1.82) is 0 Å². The van der Waals surface area contributed by atoms with Crippen LogP contribution < -0.4 is 5.32 Å². The first-order chi connectivity index (χ1) is 8.69. The second-order valence-electron chi connectivity index (χ2n) is 4.17. The lowest BCUT2D eigenvalue weighted by Crippen LogP contribution is -2.43. The molecule has 0 bridgehead atoms. The van der Waals surface area contributed by atoms with Crippen molar-refractivity contribution in [3.05, 3.63) is 11.1 Å². The van der Waals surface area contributed by atoms with Gasteiger partial charge in [-0.1, -0.05) is 0 Å². The van der Waals surface area contributed by atoms with E-state index in [1.165, 1.54) is 18.4 Å². The normalized spacial score (nSPS) is 20.7. The molecule has 7 heteroatoms. The number of ether oxygens (including phenoxy) is 2. The molecule has 1 aliphatic heterocycles. The molecule has 0 amide bonds. The molecule has 1 N–H and O–H groups in total. The Morgan fingerprint density at radius 3 is 3.33 bits per heavy atom. The molecule has 2 rings (SSSR count). The van der Waals surface area contributed by atoms with Gasteiger partial charge < -0.3 is 19.7 Å². The summed E-state index contributed by atoms with van der Waals surface area (Å²) < 4.78 is 10.2. The van der Waals surface area contributed by atoms with Gasteiger partial charge in [0.05, 0.1) is 19.8 Å². The van der Waals surface area contributed by atoms with E-state index in [0.29, 0.717) is 17.4 Å². The highest BCUT2D eigenvalue weighted by Gasteiger charge is 2.18. The van der Waals surface area contributed by atoms with Crippen LogP contribution in [-0.4, -0.2) is 62.4 Å². The predicted octanol–water partition coefficient (Wildman–Crippen LogP) is 0.672. The molecule has 1 aliphatic rings. The van der Waals surface area contributed by atoms with Crippen molar-refractivity contribution in [2.24, 2.45) is 0 Å². The first kappa shape index (κ1) is 13.3. The summed E-state index contributed by atoms with van der Waals surface area (Å²) in [5.74, 6) is -0.409. The molecule has 0 spiro atoms. The number of likely N-dealkylation sites (N-methyl/N-ethyl adjacent to an activating group) is 1. The maximum atomic E-state index is 11.2. The molecule has 0 radical (unpaired) electrons. The number of carbonyl (C=O) groups is 1. The number of aromatic nitrogens is 1. The van der Waals surface area contributed by atoms with E-state index >= 15 is 0 Å². The van der Waals surface area contributed by atoms with Crippen molar-refractivity contribution in [2.45, 2.75) is 6.10 Å². The highest BCUT2D eigenvalue weighted by atomic mass is 32.1. The average molecular weight is 271 g/mol.